The molecule has 0 bridgehead atoms. The van der Waals surface area contributed by atoms with Gasteiger partial charge in [0.25, 0.3) is 0 Å². The SMILES string of the molecule is CCCC(CCc1cccc(OCc2ccccc2)c1)(C(=O)O)C(=O)O. The van der Waals surface area contributed by atoms with Crippen LogP contribution in [0.4, 0.5) is 0 Å². The first-order chi connectivity index (χ1) is 12.5. The van der Waals surface area contributed by atoms with Crippen LogP contribution in [0.25, 0.3) is 0 Å². The van der Waals surface area contributed by atoms with E-state index in [1.807, 2.05) is 54.6 Å². The van der Waals surface area contributed by atoms with Gasteiger partial charge in [-0.25, -0.2) is 0 Å². The number of carboxylic acid groups (broad SMARTS) is 2. The van der Waals surface area contributed by atoms with E-state index in [4.69, 9.17) is 4.74 Å². The van der Waals surface area contributed by atoms with Crippen molar-refractivity contribution in [1.29, 1.82) is 0 Å². The first-order valence-electron chi connectivity index (χ1n) is 8.70. The Morgan fingerprint density at radius 3 is 2.19 bits per heavy atom. The van der Waals surface area contributed by atoms with Crippen LogP contribution in [0.5, 0.6) is 5.75 Å². The summed E-state index contributed by atoms with van der Waals surface area (Å²) in [5.41, 5.74) is 0.172. The lowest BCUT2D eigenvalue weighted by Gasteiger charge is -2.24. The lowest BCUT2D eigenvalue weighted by atomic mass is 9.78. The number of carboxylic acids is 2. The molecule has 0 aliphatic heterocycles. The standard InChI is InChI=1S/C21H24O5/c1-2-12-21(19(22)23,20(24)25)13-11-16-9-6-10-18(14-16)26-15-17-7-4-3-5-8-17/h3-10,14H,2,11-13,15H2,1H3,(H,22,23)(H,24,25). The minimum absolute atomic E-state index is 0.0493. The van der Waals surface area contributed by atoms with Crippen LogP contribution in [-0.4, -0.2) is 22.2 Å². The van der Waals surface area contributed by atoms with Gasteiger partial charge in [0, 0.05) is 0 Å². The van der Waals surface area contributed by atoms with Gasteiger partial charge in [-0.2, -0.15) is 0 Å². The molecule has 0 aromatic heterocycles. The normalized spacial score (nSPS) is 11.1. The van der Waals surface area contributed by atoms with Gasteiger partial charge in [0.2, 0.25) is 0 Å². The Morgan fingerprint density at radius 1 is 0.923 bits per heavy atom. The van der Waals surface area contributed by atoms with Crippen molar-refractivity contribution in [1.82, 2.24) is 0 Å². The highest BCUT2D eigenvalue weighted by Crippen LogP contribution is 2.31. The molecule has 0 heterocycles. The third kappa shape index (κ3) is 4.85. The Hall–Kier alpha value is -2.82. The molecule has 0 aliphatic rings. The summed E-state index contributed by atoms with van der Waals surface area (Å²) in [5.74, 6) is -1.87. The first-order valence-corrected chi connectivity index (χ1v) is 8.70. The maximum atomic E-state index is 11.6. The van der Waals surface area contributed by atoms with Gasteiger partial charge in [0.15, 0.2) is 5.41 Å². The molecule has 2 aromatic carbocycles. The topological polar surface area (TPSA) is 83.8 Å². The smallest absolute Gasteiger partial charge is 0.321 e. The lowest BCUT2D eigenvalue weighted by molar-refractivity contribution is -0.165. The van der Waals surface area contributed by atoms with Gasteiger partial charge in [0.05, 0.1) is 0 Å². The van der Waals surface area contributed by atoms with Crippen molar-refractivity contribution < 1.29 is 24.5 Å². The fraction of sp³-hybridized carbons (Fsp3) is 0.333. The van der Waals surface area contributed by atoms with E-state index in [0.29, 0.717) is 25.2 Å². The Kier molecular flexibility index (Phi) is 6.78. The predicted molar refractivity (Wildman–Crippen MR) is 98.1 cm³/mol. The number of ether oxygens (including phenoxy) is 1. The van der Waals surface area contributed by atoms with Gasteiger partial charge in [0.1, 0.15) is 12.4 Å². The van der Waals surface area contributed by atoms with E-state index < -0.39 is 17.4 Å². The molecule has 0 fully saturated rings. The molecule has 2 rings (SSSR count). The Balaban J connectivity index is 2.05. The summed E-state index contributed by atoms with van der Waals surface area (Å²) in [5, 5.41) is 18.9. The van der Waals surface area contributed by atoms with Crippen LogP contribution in [0.15, 0.2) is 54.6 Å². The monoisotopic (exact) mass is 356 g/mol. The molecule has 0 unspecified atom stereocenters. The van der Waals surface area contributed by atoms with Crippen molar-refractivity contribution in [2.24, 2.45) is 5.41 Å². The number of aryl methyl sites for hydroxylation is 1. The average molecular weight is 356 g/mol. The zero-order chi connectivity index (χ0) is 19.0. The van der Waals surface area contributed by atoms with Gasteiger partial charge >= 0.3 is 11.9 Å². The van der Waals surface area contributed by atoms with Gasteiger partial charge in [-0.15, -0.1) is 0 Å². The summed E-state index contributed by atoms with van der Waals surface area (Å²) >= 11 is 0. The van der Waals surface area contributed by atoms with Crippen LogP contribution >= 0.6 is 0 Å². The van der Waals surface area contributed by atoms with Crippen molar-refractivity contribution in [3.05, 3.63) is 65.7 Å². The van der Waals surface area contributed by atoms with E-state index in [1.54, 1.807) is 6.92 Å². The largest absolute Gasteiger partial charge is 0.489 e. The molecular weight excluding hydrogens is 332 g/mol. The second-order valence-corrected chi connectivity index (χ2v) is 6.36. The van der Waals surface area contributed by atoms with Crippen molar-refractivity contribution >= 4 is 11.9 Å². The lowest BCUT2D eigenvalue weighted by Crippen LogP contribution is -2.39. The van der Waals surface area contributed by atoms with Crippen LogP contribution in [0.3, 0.4) is 0 Å². The predicted octanol–water partition coefficient (Wildman–Crippen LogP) is 4.15. The number of rotatable bonds is 10. The molecule has 5 heteroatoms. The molecule has 0 spiro atoms. The van der Waals surface area contributed by atoms with Gasteiger partial charge in [-0.05, 0) is 42.5 Å². The summed E-state index contributed by atoms with van der Waals surface area (Å²) in [4.78, 5) is 23.2. The fourth-order valence-corrected chi connectivity index (χ4v) is 2.96. The highest BCUT2D eigenvalue weighted by molar-refractivity contribution is 5.98. The quantitative estimate of drug-likeness (QED) is 0.625. The summed E-state index contributed by atoms with van der Waals surface area (Å²) in [6.45, 7) is 2.23. The molecule has 0 atom stereocenters. The van der Waals surface area contributed by atoms with E-state index >= 15 is 0 Å². The summed E-state index contributed by atoms with van der Waals surface area (Å²) in [6.07, 6.45) is 1.02. The van der Waals surface area contributed by atoms with Crippen LogP contribution in [-0.2, 0) is 22.6 Å². The number of carbonyl (C=O) groups is 2. The van der Waals surface area contributed by atoms with Crippen LogP contribution < -0.4 is 4.74 Å². The van der Waals surface area contributed by atoms with Crippen LogP contribution in [0.1, 0.15) is 37.3 Å². The zero-order valence-electron chi connectivity index (χ0n) is 14.9. The molecule has 26 heavy (non-hydrogen) atoms. The Labute approximate surface area is 153 Å². The van der Waals surface area contributed by atoms with Gasteiger partial charge in [-0.3, -0.25) is 9.59 Å². The van der Waals surface area contributed by atoms with Crippen molar-refractivity contribution in [2.75, 3.05) is 0 Å². The molecule has 138 valence electrons. The highest BCUT2D eigenvalue weighted by Gasteiger charge is 2.45. The van der Waals surface area contributed by atoms with E-state index in [2.05, 4.69) is 0 Å². The molecular formula is C21H24O5. The maximum absolute atomic E-state index is 11.6. The highest BCUT2D eigenvalue weighted by atomic mass is 16.5. The maximum Gasteiger partial charge on any atom is 0.321 e. The van der Waals surface area contributed by atoms with Crippen molar-refractivity contribution in [2.45, 2.75) is 39.2 Å². The second kappa shape index (κ2) is 9.04. The van der Waals surface area contributed by atoms with Crippen LogP contribution in [0, 0.1) is 5.41 Å². The van der Waals surface area contributed by atoms with Gasteiger partial charge in [-0.1, -0.05) is 55.8 Å². The van der Waals surface area contributed by atoms with E-state index in [1.165, 1.54) is 0 Å². The second-order valence-electron chi connectivity index (χ2n) is 6.36. The molecule has 0 saturated carbocycles. The molecule has 0 amide bonds. The molecule has 0 radical (unpaired) electrons. The van der Waals surface area contributed by atoms with Crippen LogP contribution in [0.2, 0.25) is 0 Å². The summed E-state index contributed by atoms with van der Waals surface area (Å²) in [6, 6.07) is 17.1. The van der Waals surface area contributed by atoms with Gasteiger partial charge < -0.3 is 14.9 Å². The fourth-order valence-electron chi connectivity index (χ4n) is 2.96. The molecule has 2 N–H and O–H groups in total. The third-order valence-corrected chi connectivity index (χ3v) is 4.48. The number of benzene rings is 2. The summed E-state index contributed by atoms with van der Waals surface area (Å²) in [7, 11) is 0. The van der Waals surface area contributed by atoms with E-state index in [0.717, 1.165) is 11.1 Å². The third-order valence-electron chi connectivity index (χ3n) is 4.48. The Bertz CT molecular complexity index is 725. The molecule has 0 aliphatic carbocycles. The zero-order valence-corrected chi connectivity index (χ0v) is 14.9. The number of hydrogen-bond acceptors (Lipinski definition) is 3. The van der Waals surface area contributed by atoms with Crippen molar-refractivity contribution in [3.8, 4) is 5.75 Å². The molecule has 0 saturated heterocycles. The first kappa shape index (κ1) is 19.5. The molecule has 2 aromatic rings. The van der Waals surface area contributed by atoms with E-state index in [9.17, 15) is 19.8 Å². The van der Waals surface area contributed by atoms with Crippen molar-refractivity contribution in [3.63, 3.8) is 0 Å². The number of hydrogen-bond donors (Lipinski definition) is 2. The van der Waals surface area contributed by atoms with E-state index in [-0.39, 0.29) is 12.8 Å². The minimum atomic E-state index is -1.74. The number of aliphatic carboxylic acids is 2. The summed E-state index contributed by atoms with van der Waals surface area (Å²) < 4.78 is 5.77. The Morgan fingerprint density at radius 2 is 1.58 bits per heavy atom. The average Bonchev–Trinajstić information content (AvgIpc) is 2.64. The molecule has 5 nitrogen and oxygen atoms in total. The minimum Gasteiger partial charge on any atom is -0.489 e.